The molecule has 1 heterocycles. The molecule has 12 heavy (non-hydrogen) atoms. The van der Waals surface area contributed by atoms with Crippen molar-refractivity contribution in [2.45, 2.75) is 33.2 Å². The molecule has 0 radical (unpaired) electrons. The molecule has 0 unspecified atom stereocenters. The Morgan fingerprint density at radius 3 is 2.42 bits per heavy atom. The molecular formula is C10H16BrN. The molecule has 0 aromatic heterocycles. The molecule has 2 heteroatoms. The maximum absolute atomic E-state index is 4.37. The lowest BCUT2D eigenvalue weighted by Gasteiger charge is -2.12. The summed E-state index contributed by atoms with van der Waals surface area (Å²) < 4.78 is 0.905. The Balaban J connectivity index is 0.000000561. The largest absolute Gasteiger partial charge is 0.268 e. The van der Waals surface area contributed by atoms with Crippen LogP contribution >= 0.6 is 15.9 Å². The molecule has 0 spiro atoms. The van der Waals surface area contributed by atoms with Crippen molar-refractivity contribution in [1.29, 1.82) is 0 Å². The minimum atomic E-state index is -0.0671. The zero-order valence-electron chi connectivity index (χ0n) is 8.13. The highest BCUT2D eigenvalue weighted by Gasteiger charge is 2.11. The highest BCUT2D eigenvalue weighted by atomic mass is 79.9. The second-order valence-electron chi connectivity index (χ2n) is 2.81. The number of rotatable bonds is 0. The van der Waals surface area contributed by atoms with Crippen LogP contribution in [-0.4, -0.2) is 10.2 Å². The van der Waals surface area contributed by atoms with Gasteiger partial charge in [-0.1, -0.05) is 32.1 Å². The Kier molecular flexibility index (Phi) is 5.14. The third-order valence-corrected chi connectivity index (χ3v) is 1.69. The van der Waals surface area contributed by atoms with Crippen molar-refractivity contribution in [2.75, 3.05) is 0 Å². The zero-order valence-corrected chi connectivity index (χ0v) is 9.72. The van der Waals surface area contributed by atoms with E-state index in [1.807, 2.05) is 32.1 Å². The first-order valence-electron chi connectivity index (χ1n) is 4.21. The number of aliphatic imine (C=N–C) groups is 1. The van der Waals surface area contributed by atoms with E-state index in [4.69, 9.17) is 0 Å². The van der Waals surface area contributed by atoms with E-state index in [1.54, 1.807) is 0 Å². The number of hydrogen-bond donors (Lipinski definition) is 0. The van der Waals surface area contributed by atoms with Gasteiger partial charge in [0, 0.05) is 0 Å². The van der Waals surface area contributed by atoms with Crippen molar-refractivity contribution in [3.8, 4) is 0 Å². The van der Waals surface area contributed by atoms with Gasteiger partial charge >= 0.3 is 0 Å². The SMILES string of the molecule is CC.CC1(C)C=CC=CC(Br)=N1. The summed E-state index contributed by atoms with van der Waals surface area (Å²) in [7, 11) is 0. The van der Waals surface area contributed by atoms with Gasteiger partial charge in [0.1, 0.15) is 4.62 Å². The normalized spacial score (nSPS) is 18.9. The zero-order chi connectivity index (χ0) is 9.61. The van der Waals surface area contributed by atoms with Gasteiger partial charge in [-0.25, -0.2) is 0 Å². The van der Waals surface area contributed by atoms with Crippen LogP contribution in [0, 0.1) is 0 Å². The van der Waals surface area contributed by atoms with E-state index in [9.17, 15) is 0 Å². The van der Waals surface area contributed by atoms with Crippen molar-refractivity contribution in [2.24, 2.45) is 4.99 Å². The smallest absolute Gasteiger partial charge is 0.101 e. The second kappa shape index (κ2) is 5.31. The Morgan fingerprint density at radius 2 is 1.83 bits per heavy atom. The molecule has 1 aliphatic rings. The van der Waals surface area contributed by atoms with Crippen molar-refractivity contribution >= 4 is 20.6 Å². The summed E-state index contributed by atoms with van der Waals surface area (Å²) in [6.45, 7) is 8.13. The fraction of sp³-hybridized carbons (Fsp3) is 0.500. The molecule has 68 valence electrons. The number of allylic oxidation sites excluding steroid dienone is 3. The topological polar surface area (TPSA) is 12.4 Å². The van der Waals surface area contributed by atoms with Crippen LogP contribution in [0.5, 0.6) is 0 Å². The fourth-order valence-corrected chi connectivity index (χ4v) is 1.39. The maximum Gasteiger partial charge on any atom is 0.101 e. The van der Waals surface area contributed by atoms with E-state index in [2.05, 4.69) is 40.8 Å². The van der Waals surface area contributed by atoms with E-state index < -0.39 is 0 Å². The highest BCUT2D eigenvalue weighted by Crippen LogP contribution is 2.15. The lowest BCUT2D eigenvalue weighted by Crippen LogP contribution is -2.12. The van der Waals surface area contributed by atoms with E-state index in [1.165, 1.54) is 0 Å². The summed E-state index contributed by atoms with van der Waals surface area (Å²) >= 11 is 3.34. The molecule has 0 aliphatic carbocycles. The van der Waals surface area contributed by atoms with E-state index in [0.29, 0.717) is 0 Å². The van der Waals surface area contributed by atoms with Crippen molar-refractivity contribution in [1.82, 2.24) is 0 Å². The molecule has 0 amide bonds. The van der Waals surface area contributed by atoms with Gasteiger partial charge < -0.3 is 0 Å². The van der Waals surface area contributed by atoms with Gasteiger partial charge in [-0.3, -0.25) is 4.99 Å². The summed E-state index contributed by atoms with van der Waals surface area (Å²) in [5.41, 5.74) is -0.0671. The van der Waals surface area contributed by atoms with Gasteiger partial charge in [-0.2, -0.15) is 0 Å². The van der Waals surface area contributed by atoms with Crippen LogP contribution in [0.25, 0.3) is 0 Å². The molecule has 1 rings (SSSR count). The minimum Gasteiger partial charge on any atom is -0.268 e. The molecule has 0 bridgehead atoms. The van der Waals surface area contributed by atoms with Crippen LogP contribution in [0.2, 0.25) is 0 Å². The Morgan fingerprint density at radius 1 is 1.25 bits per heavy atom. The average Bonchev–Trinajstić information content (AvgIpc) is 2.14. The van der Waals surface area contributed by atoms with Crippen molar-refractivity contribution in [3.63, 3.8) is 0 Å². The summed E-state index contributed by atoms with van der Waals surface area (Å²) in [6.07, 6.45) is 7.99. The average molecular weight is 230 g/mol. The van der Waals surface area contributed by atoms with Crippen LogP contribution in [0.4, 0.5) is 0 Å². The quantitative estimate of drug-likeness (QED) is 0.601. The van der Waals surface area contributed by atoms with Gasteiger partial charge in [0.05, 0.1) is 5.54 Å². The van der Waals surface area contributed by atoms with Gasteiger partial charge in [-0.15, -0.1) is 0 Å². The van der Waals surface area contributed by atoms with Gasteiger partial charge in [-0.05, 0) is 35.9 Å². The first-order valence-corrected chi connectivity index (χ1v) is 5.01. The molecule has 0 aromatic rings. The molecule has 0 saturated carbocycles. The molecule has 0 saturated heterocycles. The van der Waals surface area contributed by atoms with Crippen LogP contribution in [0.1, 0.15) is 27.7 Å². The predicted octanol–water partition coefficient (Wildman–Crippen LogP) is 3.71. The Labute approximate surface area is 83.4 Å². The summed E-state index contributed by atoms with van der Waals surface area (Å²) in [5.74, 6) is 0. The molecule has 0 atom stereocenters. The molecule has 0 fully saturated rings. The van der Waals surface area contributed by atoms with Crippen molar-refractivity contribution < 1.29 is 0 Å². The molecule has 0 N–H and O–H groups in total. The predicted molar refractivity (Wildman–Crippen MR) is 60.1 cm³/mol. The fourth-order valence-electron chi connectivity index (χ4n) is 0.776. The molecule has 0 aromatic carbocycles. The summed E-state index contributed by atoms with van der Waals surface area (Å²) in [5, 5.41) is 0. The standard InChI is InChI=1S/C8H10BrN.C2H6/c1-8(2)6-4-3-5-7(9)10-8;1-2/h3-6H,1-2H3;1-2H3. The monoisotopic (exact) mass is 229 g/mol. The summed E-state index contributed by atoms with van der Waals surface area (Å²) in [6, 6.07) is 0. The maximum atomic E-state index is 4.37. The van der Waals surface area contributed by atoms with Crippen molar-refractivity contribution in [3.05, 3.63) is 24.3 Å². The lowest BCUT2D eigenvalue weighted by molar-refractivity contribution is 0.662. The first-order chi connectivity index (χ1) is 5.60. The number of halogens is 1. The summed E-state index contributed by atoms with van der Waals surface area (Å²) in [4.78, 5) is 4.37. The Hall–Kier alpha value is -0.370. The van der Waals surface area contributed by atoms with Crippen LogP contribution in [0.3, 0.4) is 0 Å². The minimum absolute atomic E-state index is 0.0671. The molecular weight excluding hydrogens is 214 g/mol. The second-order valence-corrected chi connectivity index (χ2v) is 3.62. The third kappa shape index (κ3) is 4.50. The lowest BCUT2D eigenvalue weighted by atomic mass is 10.1. The van der Waals surface area contributed by atoms with Crippen LogP contribution in [-0.2, 0) is 0 Å². The number of hydrogen-bond acceptors (Lipinski definition) is 1. The van der Waals surface area contributed by atoms with Crippen LogP contribution in [0.15, 0.2) is 29.3 Å². The third-order valence-electron chi connectivity index (χ3n) is 1.24. The van der Waals surface area contributed by atoms with Gasteiger partial charge in [0.25, 0.3) is 0 Å². The molecule has 1 nitrogen and oxygen atoms in total. The Bertz CT molecular complexity index is 212. The van der Waals surface area contributed by atoms with E-state index in [-0.39, 0.29) is 5.54 Å². The first kappa shape index (κ1) is 11.6. The van der Waals surface area contributed by atoms with Gasteiger partial charge in [0.2, 0.25) is 0 Å². The van der Waals surface area contributed by atoms with Gasteiger partial charge in [0.15, 0.2) is 0 Å². The molecule has 1 aliphatic heterocycles. The van der Waals surface area contributed by atoms with Crippen LogP contribution < -0.4 is 0 Å². The van der Waals surface area contributed by atoms with E-state index in [0.717, 1.165) is 4.62 Å². The number of nitrogens with zero attached hydrogens (tertiary/aromatic N) is 1. The van der Waals surface area contributed by atoms with E-state index >= 15 is 0 Å². The highest BCUT2D eigenvalue weighted by molar-refractivity contribution is 9.18.